The van der Waals surface area contributed by atoms with Crippen LogP contribution in [0.2, 0.25) is 0 Å². The number of aromatic nitrogens is 2. The number of carbonyl (C=O) groups excluding carboxylic acids is 1. The van der Waals surface area contributed by atoms with Crippen molar-refractivity contribution in [3.05, 3.63) is 71.4 Å². The van der Waals surface area contributed by atoms with Crippen LogP contribution in [0.5, 0.6) is 0 Å². The lowest BCUT2D eigenvalue weighted by Gasteiger charge is -2.11. The number of sulfonamides is 1. The summed E-state index contributed by atoms with van der Waals surface area (Å²) in [6.07, 6.45) is 0. The number of Topliss-reactive ketones (excluding diaryl/α,β-unsaturated/α-hetero) is 1. The fourth-order valence-corrected chi connectivity index (χ4v) is 3.90. The number of hydrogen-bond acceptors (Lipinski definition) is 7. The molecule has 0 amide bonds. The Bertz CT molecular complexity index is 1180. The Morgan fingerprint density at radius 2 is 1.71 bits per heavy atom. The van der Waals surface area contributed by atoms with Crippen LogP contribution in [0.25, 0.3) is 0 Å². The second-order valence-corrected chi connectivity index (χ2v) is 8.88. The van der Waals surface area contributed by atoms with Gasteiger partial charge >= 0.3 is 0 Å². The number of aryl methyl sites for hydroxylation is 2. The van der Waals surface area contributed by atoms with Crippen LogP contribution in [0, 0.1) is 13.8 Å². The molecule has 1 aromatic heterocycles. The van der Waals surface area contributed by atoms with Crippen molar-refractivity contribution in [1.82, 2.24) is 14.7 Å². The molecule has 0 saturated carbocycles. The Balaban J connectivity index is 1.59. The maximum atomic E-state index is 12.5. The highest BCUT2D eigenvalue weighted by Gasteiger charge is 2.14. The van der Waals surface area contributed by atoms with Crippen molar-refractivity contribution in [1.29, 1.82) is 0 Å². The first-order chi connectivity index (χ1) is 14.7. The Morgan fingerprint density at radius 3 is 2.42 bits per heavy atom. The fourth-order valence-electron chi connectivity index (χ4n) is 2.82. The monoisotopic (exact) mass is 439 g/mol. The van der Waals surface area contributed by atoms with E-state index in [0.29, 0.717) is 23.9 Å². The zero-order valence-electron chi connectivity index (χ0n) is 17.6. The van der Waals surface area contributed by atoms with Crippen molar-refractivity contribution in [2.45, 2.75) is 25.7 Å². The van der Waals surface area contributed by atoms with E-state index in [1.54, 1.807) is 12.1 Å². The molecule has 162 valence electrons. The third kappa shape index (κ3) is 6.34. The molecule has 0 atom stereocenters. The molecular weight excluding hydrogens is 414 g/mol. The third-order valence-corrected chi connectivity index (χ3v) is 5.89. The average Bonchev–Trinajstić information content (AvgIpc) is 2.73. The summed E-state index contributed by atoms with van der Waals surface area (Å²) in [5, 5.41) is 6.26. The van der Waals surface area contributed by atoms with Gasteiger partial charge in [0.05, 0.1) is 4.90 Å². The summed E-state index contributed by atoms with van der Waals surface area (Å²) in [6.45, 7) is 5.70. The summed E-state index contributed by atoms with van der Waals surface area (Å²) in [5.41, 5.74) is 3.20. The van der Waals surface area contributed by atoms with Crippen molar-refractivity contribution < 1.29 is 13.2 Å². The Hall–Kier alpha value is -3.30. The number of carbonyl (C=O) groups is 1. The van der Waals surface area contributed by atoms with Crippen molar-refractivity contribution in [2.75, 3.05) is 23.7 Å². The summed E-state index contributed by atoms with van der Waals surface area (Å²) >= 11 is 0. The Kier molecular flexibility index (Phi) is 6.98. The predicted molar refractivity (Wildman–Crippen MR) is 121 cm³/mol. The lowest BCUT2D eigenvalue weighted by molar-refractivity contribution is 0.101. The van der Waals surface area contributed by atoms with Gasteiger partial charge in [-0.15, -0.1) is 0 Å². The molecule has 1 heterocycles. The van der Waals surface area contributed by atoms with Crippen LogP contribution in [0.1, 0.15) is 28.5 Å². The second-order valence-electron chi connectivity index (χ2n) is 7.12. The van der Waals surface area contributed by atoms with E-state index in [2.05, 4.69) is 25.3 Å². The SMILES string of the molecule is CC(=O)c1cccc(S(=O)(=O)NCCNc2nc(C)cc(Nc3ccc(C)cc3)n2)c1. The Morgan fingerprint density at radius 1 is 0.968 bits per heavy atom. The van der Waals surface area contributed by atoms with Crippen LogP contribution in [0.15, 0.2) is 59.5 Å². The predicted octanol–water partition coefficient (Wildman–Crippen LogP) is 3.43. The molecule has 3 rings (SSSR count). The highest BCUT2D eigenvalue weighted by atomic mass is 32.2. The first-order valence-corrected chi connectivity index (χ1v) is 11.3. The van der Waals surface area contributed by atoms with Gasteiger partial charge in [-0.3, -0.25) is 4.79 Å². The fraction of sp³-hybridized carbons (Fsp3) is 0.227. The molecule has 3 aromatic rings. The van der Waals surface area contributed by atoms with E-state index < -0.39 is 10.0 Å². The van der Waals surface area contributed by atoms with Gasteiger partial charge in [-0.25, -0.2) is 18.1 Å². The molecule has 0 aliphatic rings. The molecule has 0 spiro atoms. The minimum Gasteiger partial charge on any atom is -0.353 e. The number of anilines is 3. The number of hydrogen-bond donors (Lipinski definition) is 3. The molecule has 0 fully saturated rings. The average molecular weight is 440 g/mol. The minimum atomic E-state index is -3.73. The van der Waals surface area contributed by atoms with Crippen LogP contribution < -0.4 is 15.4 Å². The minimum absolute atomic E-state index is 0.0524. The highest BCUT2D eigenvalue weighted by Crippen LogP contribution is 2.17. The summed E-state index contributed by atoms with van der Waals surface area (Å²) in [7, 11) is -3.73. The molecule has 0 bridgehead atoms. The quantitative estimate of drug-likeness (QED) is 0.346. The van der Waals surface area contributed by atoms with Gasteiger partial charge < -0.3 is 10.6 Å². The van der Waals surface area contributed by atoms with Crippen LogP contribution in [-0.2, 0) is 10.0 Å². The van der Waals surface area contributed by atoms with Gasteiger partial charge in [-0.2, -0.15) is 4.98 Å². The van der Waals surface area contributed by atoms with Gasteiger partial charge in [0.25, 0.3) is 0 Å². The van der Waals surface area contributed by atoms with Crippen molar-refractivity contribution in [3.8, 4) is 0 Å². The van der Waals surface area contributed by atoms with Crippen LogP contribution >= 0.6 is 0 Å². The largest absolute Gasteiger partial charge is 0.353 e. The standard InChI is InChI=1S/C22H25N5O3S/c1-15-7-9-19(10-8-15)26-21-13-16(2)25-22(27-21)23-11-12-24-31(29,30)20-6-4-5-18(14-20)17(3)28/h4-10,13-14,24H,11-12H2,1-3H3,(H2,23,25,26,27). The highest BCUT2D eigenvalue weighted by molar-refractivity contribution is 7.89. The molecule has 0 radical (unpaired) electrons. The number of ketones is 1. The number of benzene rings is 2. The van der Waals surface area contributed by atoms with Crippen LogP contribution in [0.4, 0.5) is 17.5 Å². The molecule has 9 heteroatoms. The number of nitrogens with one attached hydrogen (secondary N) is 3. The molecule has 0 unspecified atom stereocenters. The van der Waals surface area contributed by atoms with Gasteiger partial charge in [0.15, 0.2) is 5.78 Å². The van der Waals surface area contributed by atoms with E-state index in [9.17, 15) is 13.2 Å². The maximum Gasteiger partial charge on any atom is 0.240 e. The Labute approximate surface area is 182 Å². The van der Waals surface area contributed by atoms with E-state index in [0.717, 1.165) is 11.4 Å². The molecule has 2 aromatic carbocycles. The molecule has 0 aliphatic heterocycles. The first-order valence-electron chi connectivity index (χ1n) is 9.77. The normalized spacial score (nSPS) is 11.2. The van der Waals surface area contributed by atoms with Crippen molar-refractivity contribution >= 4 is 33.3 Å². The second kappa shape index (κ2) is 9.67. The lowest BCUT2D eigenvalue weighted by Crippen LogP contribution is -2.29. The number of rotatable bonds is 9. The molecule has 8 nitrogen and oxygen atoms in total. The van der Waals surface area contributed by atoms with E-state index in [1.807, 2.05) is 44.2 Å². The third-order valence-electron chi connectivity index (χ3n) is 4.43. The van der Waals surface area contributed by atoms with Gasteiger partial charge in [-0.1, -0.05) is 29.8 Å². The summed E-state index contributed by atoms with van der Waals surface area (Å²) in [4.78, 5) is 20.3. The van der Waals surface area contributed by atoms with Crippen LogP contribution in [0.3, 0.4) is 0 Å². The van der Waals surface area contributed by atoms with E-state index in [-0.39, 0.29) is 17.2 Å². The summed E-state index contributed by atoms with van der Waals surface area (Å²) in [5.74, 6) is 0.846. The zero-order valence-corrected chi connectivity index (χ0v) is 18.5. The van der Waals surface area contributed by atoms with Gasteiger partial charge in [0.1, 0.15) is 5.82 Å². The van der Waals surface area contributed by atoms with Crippen molar-refractivity contribution in [3.63, 3.8) is 0 Å². The summed E-state index contributed by atoms with van der Waals surface area (Å²) < 4.78 is 27.4. The smallest absolute Gasteiger partial charge is 0.240 e. The van der Waals surface area contributed by atoms with Gasteiger partial charge in [0, 0.05) is 36.1 Å². The molecule has 3 N–H and O–H groups in total. The van der Waals surface area contributed by atoms with Gasteiger partial charge in [-0.05, 0) is 45.0 Å². The molecule has 0 aliphatic carbocycles. The number of nitrogens with zero attached hydrogens (tertiary/aromatic N) is 2. The topological polar surface area (TPSA) is 113 Å². The molecule has 0 saturated heterocycles. The molecule has 31 heavy (non-hydrogen) atoms. The zero-order chi connectivity index (χ0) is 22.4. The van der Waals surface area contributed by atoms with Crippen LogP contribution in [-0.4, -0.2) is 37.3 Å². The first kappa shape index (κ1) is 22.4. The van der Waals surface area contributed by atoms with Crippen molar-refractivity contribution in [2.24, 2.45) is 0 Å². The summed E-state index contributed by atoms with van der Waals surface area (Å²) in [6, 6.07) is 15.7. The van der Waals surface area contributed by atoms with Gasteiger partial charge in [0.2, 0.25) is 16.0 Å². The van der Waals surface area contributed by atoms with E-state index in [1.165, 1.54) is 24.6 Å². The molecular formula is C22H25N5O3S. The maximum absolute atomic E-state index is 12.5. The lowest BCUT2D eigenvalue weighted by atomic mass is 10.2. The van der Waals surface area contributed by atoms with E-state index in [4.69, 9.17) is 0 Å². The van der Waals surface area contributed by atoms with E-state index >= 15 is 0 Å².